The number of aromatic amines is 1. The topological polar surface area (TPSA) is 109 Å². The quantitative estimate of drug-likeness (QED) is 0.726. The summed E-state index contributed by atoms with van der Waals surface area (Å²) in [6, 6.07) is 0.329. The van der Waals surface area contributed by atoms with Gasteiger partial charge < -0.3 is 15.0 Å². The molecule has 1 aliphatic heterocycles. The molecule has 0 spiro atoms. The van der Waals surface area contributed by atoms with Gasteiger partial charge in [-0.05, 0) is 19.8 Å². The van der Waals surface area contributed by atoms with Gasteiger partial charge in [0.1, 0.15) is 11.8 Å². The maximum absolute atomic E-state index is 9.45. The molecule has 0 unspecified atom stereocenters. The van der Waals surface area contributed by atoms with Crippen molar-refractivity contribution < 1.29 is 5.11 Å². The molecule has 4 heterocycles. The molecule has 9 nitrogen and oxygen atoms in total. The molecule has 1 fully saturated rings. The molecule has 9 heteroatoms. The largest absolute Gasteiger partial charge is 0.393 e. The molecular formula is C15H20N8O. The first-order valence-electron chi connectivity index (χ1n) is 8.18. The number of nitrogens with one attached hydrogen (secondary N) is 1. The van der Waals surface area contributed by atoms with Crippen LogP contribution in [0.2, 0.25) is 0 Å². The molecule has 126 valence electrons. The minimum atomic E-state index is -0.397. The van der Waals surface area contributed by atoms with E-state index in [4.69, 9.17) is 0 Å². The lowest BCUT2D eigenvalue weighted by atomic mass is 10.1. The second-order valence-corrected chi connectivity index (χ2v) is 6.26. The molecule has 24 heavy (non-hydrogen) atoms. The first-order chi connectivity index (χ1) is 11.7. The molecule has 0 aromatic carbocycles. The third kappa shape index (κ3) is 2.82. The van der Waals surface area contributed by atoms with Crippen LogP contribution in [0.5, 0.6) is 0 Å². The average molecular weight is 328 g/mol. The number of piperidine rings is 1. The van der Waals surface area contributed by atoms with Crippen molar-refractivity contribution in [3.05, 3.63) is 24.5 Å². The highest BCUT2D eigenvalue weighted by Gasteiger charge is 2.24. The smallest absolute Gasteiger partial charge is 0.182 e. The Morgan fingerprint density at radius 3 is 2.92 bits per heavy atom. The van der Waals surface area contributed by atoms with Crippen molar-refractivity contribution in [2.75, 3.05) is 18.0 Å². The molecule has 1 saturated heterocycles. The summed E-state index contributed by atoms with van der Waals surface area (Å²) < 4.78 is 1.93. The van der Waals surface area contributed by atoms with Gasteiger partial charge >= 0.3 is 0 Å². The van der Waals surface area contributed by atoms with Crippen LogP contribution in [0, 0.1) is 0 Å². The van der Waals surface area contributed by atoms with E-state index < -0.39 is 6.10 Å². The van der Waals surface area contributed by atoms with Crippen molar-refractivity contribution >= 4 is 17.0 Å². The van der Waals surface area contributed by atoms with E-state index in [0.717, 1.165) is 43.0 Å². The molecule has 0 radical (unpaired) electrons. The zero-order valence-electron chi connectivity index (χ0n) is 13.5. The summed E-state index contributed by atoms with van der Waals surface area (Å²) in [5, 5.41) is 17.8. The lowest BCUT2D eigenvalue weighted by molar-refractivity contribution is 0.194. The third-order valence-electron chi connectivity index (χ3n) is 4.40. The molecule has 0 amide bonds. The molecule has 3 aromatic heterocycles. The summed E-state index contributed by atoms with van der Waals surface area (Å²) in [6.45, 7) is 3.54. The zero-order chi connectivity index (χ0) is 16.5. The van der Waals surface area contributed by atoms with Gasteiger partial charge in [-0.25, -0.2) is 19.6 Å². The van der Waals surface area contributed by atoms with E-state index in [1.54, 1.807) is 19.6 Å². The average Bonchev–Trinajstić information content (AvgIpc) is 3.23. The lowest BCUT2D eigenvalue weighted by Crippen LogP contribution is -2.35. The highest BCUT2D eigenvalue weighted by molar-refractivity contribution is 5.82. The van der Waals surface area contributed by atoms with Gasteiger partial charge in [0, 0.05) is 25.7 Å². The van der Waals surface area contributed by atoms with Crippen molar-refractivity contribution in [2.24, 2.45) is 0 Å². The normalized spacial score (nSPS) is 17.5. The van der Waals surface area contributed by atoms with E-state index in [2.05, 4.69) is 35.1 Å². The molecule has 0 bridgehead atoms. The van der Waals surface area contributed by atoms with Crippen LogP contribution in [0.25, 0.3) is 11.2 Å². The van der Waals surface area contributed by atoms with Crippen LogP contribution in [0.15, 0.2) is 18.9 Å². The molecule has 4 rings (SSSR count). The molecule has 1 atom stereocenters. The number of imidazole rings is 1. The number of aliphatic hydroxyl groups excluding tert-OH is 1. The Morgan fingerprint density at radius 2 is 2.12 bits per heavy atom. The van der Waals surface area contributed by atoms with Crippen LogP contribution in [-0.2, 0) is 6.42 Å². The van der Waals surface area contributed by atoms with E-state index >= 15 is 0 Å². The monoisotopic (exact) mass is 328 g/mol. The third-order valence-corrected chi connectivity index (χ3v) is 4.40. The van der Waals surface area contributed by atoms with Gasteiger partial charge in [-0.1, -0.05) is 5.21 Å². The molecule has 3 aromatic rings. The van der Waals surface area contributed by atoms with E-state index in [1.165, 1.54) is 0 Å². The Kier molecular flexibility index (Phi) is 3.85. The summed E-state index contributed by atoms with van der Waals surface area (Å²) in [6.07, 6.45) is 7.24. The predicted octanol–water partition coefficient (Wildman–Crippen LogP) is 0.709. The van der Waals surface area contributed by atoms with Crippen LogP contribution >= 0.6 is 0 Å². The van der Waals surface area contributed by atoms with E-state index in [9.17, 15) is 5.11 Å². The Morgan fingerprint density at radius 1 is 1.29 bits per heavy atom. The van der Waals surface area contributed by atoms with Crippen molar-refractivity contribution in [3.8, 4) is 0 Å². The Labute approximate surface area is 138 Å². The number of nitrogens with zero attached hydrogens (tertiary/aromatic N) is 7. The minimum Gasteiger partial charge on any atom is -0.393 e. The predicted molar refractivity (Wildman–Crippen MR) is 87.6 cm³/mol. The van der Waals surface area contributed by atoms with Crippen molar-refractivity contribution in [1.29, 1.82) is 0 Å². The maximum atomic E-state index is 9.45. The number of anilines is 1. The van der Waals surface area contributed by atoms with Crippen LogP contribution in [-0.4, -0.2) is 59.2 Å². The maximum Gasteiger partial charge on any atom is 0.182 e. The highest BCUT2D eigenvalue weighted by atomic mass is 16.3. The first kappa shape index (κ1) is 15.0. The molecule has 0 saturated carbocycles. The number of rotatable bonds is 4. The van der Waals surface area contributed by atoms with Crippen molar-refractivity contribution in [1.82, 2.24) is 34.9 Å². The molecule has 0 aliphatic carbocycles. The van der Waals surface area contributed by atoms with Gasteiger partial charge in [-0.2, -0.15) is 0 Å². The lowest BCUT2D eigenvalue weighted by Gasteiger charge is -2.32. The second kappa shape index (κ2) is 6.16. The number of aliphatic hydroxyl groups is 1. The molecule has 2 N–H and O–H groups in total. The Bertz CT molecular complexity index is 818. The summed E-state index contributed by atoms with van der Waals surface area (Å²) in [4.78, 5) is 18.1. The summed E-state index contributed by atoms with van der Waals surface area (Å²) >= 11 is 0. The molecular weight excluding hydrogens is 308 g/mol. The van der Waals surface area contributed by atoms with Crippen LogP contribution in [0.4, 0.5) is 5.82 Å². The Balaban J connectivity index is 1.45. The number of fused-ring (bicyclic) bond motifs is 1. The highest BCUT2D eigenvalue weighted by Crippen LogP contribution is 2.27. The van der Waals surface area contributed by atoms with Crippen LogP contribution < -0.4 is 4.90 Å². The van der Waals surface area contributed by atoms with Gasteiger partial charge in [0.2, 0.25) is 0 Å². The van der Waals surface area contributed by atoms with Gasteiger partial charge in [0.15, 0.2) is 11.5 Å². The van der Waals surface area contributed by atoms with Gasteiger partial charge in [0.05, 0.1) is 24.2 Å². The van der Waals surface area contributed by atoms with Crippen molar-refractivity contribution in [2.45, 2.75) is 38.3 Å². The minimum absolute atomic E-state index is 0.329. The number of aromatic nitrogens is 7. The summed E-state index contributed by atoms with van der Waals surface area (Å²) in [7, 11) is 0. The van der Waals surface area contributed by atoms with E-state index in [-0.39, 0.29) is 0 Å². The van der Waals surface area contributed by atoms with Gasteiger partial charge in [-0.3, -0.25) is 0 Å². The summed E-state index contributed by atoms with van der Waals surface area (Å²) in [5.41, 5.74) is 2.42. The Hall–Kier alpha value is -2.55. The first-order valence-corrected chi connectivity index (χ1v) is 8.18. The fraction of sp³-hybridized carbons (Fsp3) is 0.533. The van der Waals surface area contributed by atoms with Gasteiger partial charge in [0.25, 0.3) is 0 Å². The zero-order valence-corrected chi connectivity index (χ0v) is 13.5. The summed E-state index contributed by atoms with van der Waals surface area (Å²) in [5.74, 6) is 0.907. The van der Waals surface area contributed by atoms with E-state index in [1.807, 2.05) is 10.9 Å². The fourth-order valence-electron chi connectivity index (χ4n) is 3.22. The van der Waals surface area contributed by atoms with Crippen LogP contribution in [0.3, 0.4) is 0 Å². The second-order valence-electron chi connectivity index (χ2n) is 6.26. The number of hydrogen-bond donors (Lipinski definition) is 2. The van der Waals surface area contributed by atoms with Gasteiger partial charge in [-0.15, -0.1) is 5.10 Å². The standard InChI is InChI=1S/C15H20N8O/c1-10(24)6-11-7-23(21-20-11)12-2-4-22(5-3-12)15-13-14(17-8-16-13)18-9-19-15/h7-10,12,24H,2-6H2,1H3,(H,16,17,18,19)/t10-/m1/s1. The van der Waals surface area contributed by atoms with Crippen molar-refractivity contribution in [3.63, 3.8) is 0 Å². The SMILES string of the molecule is C[C@@H](O)Cc1cn(C2CCN(c3ncnc4nc[nH]c34)CC2)nn1. The number of H-pyrrole nitrogens is 1. The molecule has 1 aliphatic rings. The van der Waals surface area contributed by atoms with E-state index in [0.29, 0.717) is 18.1 Å². The van der Waals surface area contributed by atoms with Crippen LogP contribution in [0.1, 0.15) is 31.5 Å². The number of hydrogen-bond acceptors (Lipinski definition) is 7. The fourth-order valence-corrected chi connectivity index (χ4v) is 3.22.